The zero-order chi connectivity index (χ0) is 19.6. The highest BCUT2D eigenvalue weighted by Crippen LogP contribution is 2.46. The third-order valence-electron chi connectivity index (χ3n) is 3.46. The van der Waals surface area contributed by atoms with Crippen LogP contribution in [0.4, 0.5) is 30.7 Å². The van der Waals surface area contributed by atoms with Crippen LogP contribution in [0.15, 0.2) is 12.2 Å². The van der Waals surface area contributed by atoms with Crippen molar-refractivity contribution in [3.05, 3.63) is 12.2 Å². The Hall–Kier alpha value is -1.28. The van der Waals surface area contributed by atoms with Crippen molar-refractivity contribution in [1.82, 2.24) is 0 Å². The van der Waals surface area contributed by atoms with Gasteiger partial charge in [-0.3, -0.25) is 0 Å². The smallest absolute Gasteiger partial charge is 0.457 e. The van der Waals surface area contributed by atoms with Crippen molar-refractivity contribution < 1.29 is 40.3 Å². The molecule has 0 spiro atoms. The summed E-state index contributed by atoms with van der Waals surface area (Å²) in [6.07, 6.45) is 4.11. The number of carbonyl (C=O) groups is 1. The number of unbranched alkanes of at least 4 members (excludes halogenated alkanes) is 7. The van der Waals surface area contributed by atoms with Crippen LogP contribution in [-0.4, -0.2) is 30.6 Å². The van der Waals surface area contributed by atoms with Crippen LogP contribution in [0.5, 0.6) is 0 Å². The predicted octanol–water partition coefficient (Wildman–Crippen LogP) is 6.06. The molecule has 9 heteroatoms. The number of hydrogen-bond donors (Lipinski definition) is 0. The molecular weight excluding hydrogens is 357 g/mol. The summed E-state index contributed by atoms with van der Waals surface area (Å²) in [5, 5.41) is 0. The first-order valence-corrected chi connectivity index (χ1v) is 8.13. The van der Waals surface area contributed by atoms with Crippen LogP contribution in [0.3, 0.4) is 0 Å². The summed E-state index contributed by atoms with van der Waals surface area (Å²) in [7, 11) is 0. The highest BCUT2D eigenvalue weighted by atomic mass is 19.4. The van der Waals surface area contributed by atoms with Gasteiger partial charge in [0, 0.05) is 0 Å². The molecule has 0 rings (SSSR count). The van der Waals surface area contributed by atoms with Gasteiger partial charge in [0.25, 0.3) is 0 Å². The summed E-state index contributed by atoms with van der Waals surface area (Å²) in [6, 6.07) is 0. The second-order valence-electron chi connectivity index (χ2n) is 5.63. The van der Waals surface area contributed by atoms with E-state index < -0.39 is 30.6 Å². The molecule has 0 aliphatic rings. The molecule has 0 aliphatic carbocycles. The lowest BCUT2D eigenvalue weighted by molar-refractivity contribution is -0.348. The van der Waals surface area contributed by atoms with E-state index in [1.54, 1.807) is 0 Å². The zero-order valence-electron chi connectivity index (χ0n) is 14.0. The molecule has 2 nitrogen and oxygen atoms in total. The Morgan fingerprint density at radius 1 is 0.840 bits per heavy atom. The molecule has 0 bridgehead atoms. The van der Waals surface area contributed by atoms with Gasteiger partial charge in [0.2, 0.25) is 0 Å². The van der Waals surface area contributed by atoms with Gasteiger partial charge in [-0.1, -0.05) is 57.6 Å². The fourth-order valence-electron chi connectivity index (χ4n) is 1.93. The SMILES string of the molecule is CCCCCCCCC/C=C/COC(=O)C(F)(F)C(F)(F)C(F)(F)F. The van der Waals surface area contributed by atoms with E-state index >= 15 is 0 Å². The Morgan fingerprint density at radius 2 is 1.36 bits per heavy atom. The lowest BCUT2D eigenvalue weighted by atomic mass is 10.1. The van der Waals surface area contributed by atoms with E-state index in [2.05, 4.69) is 11.7 Å². The van der Waals surface area contributed by atoms with Crippen molar-refractivity contribution >= 4 is 5.97 Å². The van der Waals surface area contributed by atoms with Crippen molar-refractivity contribution in [2.45, 2.75) is 76.3 Å². The molecule has 0 fully saturated rings. The molecule has 148 valence electrons. The highest BCUT2D eigenvalue weighted by molar-refractivity contribution is 5.79. The van der Waals surface area contributed by atoms with E-state index in [0.717, 1.165) is 38.2 Å². The first kappa shape index (κ1) is 23.7. The number of rotatable bonds is 12. The van der Waals surface area contributed by atoms with Crippen molar-refractivity contribution in [2.75, 3.05) is 6.61 Å². The van der Waals surface area contributed by atoms with E-state index in [-0.39, 0.29) is 0 Å². The van der Waals surface area contributed by atoms with E-state index in [9.17, 15) is 35.5 Å². The van der Waals surface area contributed by atoms with Crippen molar-refractivity contribution in [1.29, 1.82) is 0 Å². The van der Waals surface area contributed by atoms with Gasteiger partial charge in [-0.05, 0) is 12.8 Å². The van der Waals surface area contributed by atoms with Gasteiger partial charge in [-0.15, -0.1) is 0 Å². The molecule has 0 N–H and O–H groups in total. The number of ether oxygens (including phenoxy) is 1. The van der Waals surface area contributed by atoms with Crippen LogP contribution in [0, 0.1) is 0 Å². The van der Waals surface area contributed by atoms with Gasteiger partial charge in [-0.25, -0.2) is 4.79 Å². The summed E-state index contributed by atoms with van der Waals surface area (Å²) in [4.78, 5) is 10.8. The number of allylic oxidation sites excluding steroid dienone is 1. The molecule has 0 aliphatic heterocycles. The third kappa shape index (κ3) is 7.64. The van der Waals surface area contributed by atoms with Crippen LogP contribution in [0.1, 0.15) is 58.3 Å². The molecular formula is C16H23F7O2. The minimum Gasteiger partial charge on any atom is -0.457 e. The number of carbonyl (C=O) groups excluding carboxylic acids is 1. The average molecular weight is 380 g/mol. The molecule has 0 aromatic carbocycles. The standard InChI is InChI=1S/C16H23F7O2/c1-2-3-4-5-6-7-8-9-10-11-12-25-13(24)14(17,18)15(19,20)16(21,22)23/h10-11H,2-9,12H2,1H3/b11-10+. The summed E-state index contributed by atoms with van der Waals surface area (Å²) in [5.41, 5.74) is 0. The first-order chi connectivity index (χ1) is 11.5. The summed E-state index contributed by atoms with van der Waals surface area (Å²) >= 11 is 0. The maximum Gasteiger partial charge on any atom is 0.460 e. The fourth-order valence-corrected chi connectivity index (χ4v) is 1.93. The molecule has 0 saturated carbocycles. The minimum atomic E-state index is -6.55. The third-order valence-corrected chi connectivity index (χ3v) is 3.46. The minimum absolute atomic E-state index is 0.570. The van der Waals surface area contributed by atoms with Gasteiger partial charge in [0.1, 0.15) is 6.61 Å². The lowest BCUT2D eigenvalue weighted by Gasteiger charge is -2.26. The normalized spacial score (nSPS) is 13.4. The predicted molar refractivity (Wildman–Crippen MR) is 78.7 cm³/mol. The maximum absolute atomic E-state index is 12.9. The summed E-state index contributed by atoms with van der Waals surface area (Å²) < 4.78 is 90.5. The Bertz CT molecular complexity index is 417. The Labute approximate surface area is 142 Å². The lowest BCUT2D eigenvalue weighted by Crippen LogP contribution is -2.56. The highest BCUT2D eigenvalue weighted by Gasteiger charge is 2.77. The molecule has 0 unspecified atom stereocenters. The molecule has 25 heavy (non-hydrogen) atoms. The number of halogens is 7. The summed E-state index contributed by atoms with van der Waals surface area (Å²) in [5.74, 6) is -15.4. The van der Waals surface area contributed by atoms with Crippen LogP contribution in [0.25, 0.3) is 0 Å². The van der Waals surface area contributed by atoms with Crippen LogP contribution in [0.2, 0.25) is 0 Å². The fraction of sp³-hybridized carbons (Fsp3) is 0.812. The molecule has 0 aromatic rings. The molecule has 0 amide bonds. The molecule has 0 atom stereocenters. The number of alkyl halides is 7. The Morgan fingerprint density at radius 3 is 1.88 bits per heavy atom. The van der Waals surface area contributed by atoms with Gasteiger partial charge in [0.05, 0.1) is 0 Å². The monoisotopic (exact) mass is 380 g/mol. The van der Waals surface area contributed by atoms with Gasteiger partial charge >= 0.3 is 24.0 Å². The van der Waals surface area contributed by atoms with Gasteiger partial charge < -0.3 is 4.74 Å². The van der Waals surface area contributed by atoms with Crippen molar-refractivity contribution in [3.8, 4) is 0 Å². The van der Waals surface area contributed by atoms with Gasteiger partial charge in [0.15, 0.2) is 0 Å². The van der Waals surface area contributed by atoms with E-state index in [1.165, 1.54) is 18.9 Å². The second kappa shape index (κ2) is 10.7. The van der Waals surface area contributed by atoms with Crippen molar-refractivity contribution in [3.63, 3.8) is 0 Å². The zero-order valence-corrected chi connectivity index (χ0v) is 14.0. The van der Waals surface area contributed by atoms with Crippen LogP contribution in [-0.2, 0) is 9.53 Å². The van der Waals surface area contributed by atoms with E-state index in [0.29, 0.717) is 6.42 Å². The maximum atomic E-state index is 12.9. The van der Waals surface area contributed by atoms with E-state index in [1.807, 2.05) is 0 Å². The van der Waals surface area contributed by atoms with Crippen molar-refractivity contribution in [2.24, 2.45) is 0 Å². The number of hydrogen-bond acceptors (Lipinski definition) is 2. The Kier molecular flexibility index (Phi) is 10.1. The quantitative estimate of drug-likeness (QED) is 0.178. The summed E-state index contributed by atoms with van der Waals surface area (Å²) in [6.45, 7) is 1.32. The average Bonchev–Trinajstić information content (AvgIpc) is 2.51. The Balaban J connectivity index is 4.07. The largest absolute Gasteiger partial charge is 0.460 e. The molecule has 0 radical (unpaired) electrons. The second-order valence-corrected chi connectivity index (χ2v) is 5.63. The van der Waals surface area contributed by atoms with E-state index in [4.69, 9.17) is 0 Å². The number of esters is 1. The van der Waals surface area contributed by atoms with Gasteiger partial charge in [-0.2, -0.15) is 30.7 Å². The molecule has 0 saturated heterocycles. The topological polar surface area (TPSA) is 26.3 Å². The first-order valence-electron chi connectivity index (χ1n) is 8.13. The van der Waals surface area contributed by atoms with Crippen LogP contribution < -0.4 is 0 Å². The molecule has 0 aromatic heterocycles. The molecule has 0 heterocycles. The van der Waals surface area contributed by atoms with Crippen LogP contribution >= 0.6 is 0 Å².